The quantitative estimate of drug-likeness (QED) is 0.872. The van der Waals surface area contributed by atoms with E-state index >= 15 is 0 Å². The van der Waals surface area contributed by atoms with Gasteiger partial charge in [0.2, 0.25) is 4.34 Å². The van der Waals surface area contributed by atoms with Crippen molar-refractivity contribution in [2.24, 2.45) is 0 Å². The number of aromatic nitrogens is 1. The van der Waals surface area contributed by atoms with Crippen LogP contribution in [0.5, 0.6) is 0 Å². The second kappa shape index (κ2) is 6.01. The van der Waals surface area contributed by atoms with E-state index in [0.29, 0.717) is 5.25 Å². The van der Waals surface area contributed by atoms with E-state index in [0.717, 1.165) is 23.1 Å². The first-order chi connectivity index (χ1) is 9.65. The van der Waals surface area contributed by atoms with E-state index in [9.17, 15) is 8.42 Å². The summed E-state index contributed by atoms with van der Waals surface area (Å²) < 4.78 is 28.2. The molecule has 7 heteroatoms. The molecule has 0 radical (unpaired) electrons. The molecule has 1 aliphatic carbocycles. The van der Waals surface area contributed by atoms with Crippen LogP contribution in [0.25, 0.3) is 10.2 Å². The number of hydrogen-bond acceptors (Lipinski definition) is 5. The number of thiazole rings is 1. The number of sulfonamides is 1. The van der Waals surface area contributed by atoms with Crippen molar-refractivity contribution in [3.63, 3.8) is 0 Å². The van der Waals surface area contributed by atoms with Gasteiger partial charge >= 0.3 is 0 Å². The van der Waals surface area contributed by atoms with Gasteiger partial charge in [-0.05, 0) is 25.0 Å². The average Bonchev–Trinajstić information content (AvgIpc) is 2.91. The van der Waals surface area contributed by atoms with Crippen LogP contribution in [0.3, 0.4) is 0 Å². The summed E-state index contributed by atoms with van der Waals surface area (Å²) in [6, 6.07) is 7.48. The van der Waals surface area contributed by atoms with Crippen LogP contribution in [0.15, 0.2) is 28.6 Å². The summed E-state index contributed by atoms with van der Waals surface area (Å²) in [7, 11) is -3.50. The number of nitrogens with one attached hydrogen (secondary N) is 1. The van der Waals surface area contributed by atoms with E-state index in [1.807, 2.05) is 24.3 Å². The summed E-state index contributed by atoms with van der Waals surface area (Å²) in [4.78, 5) is 4.20. The fraction of sp³-hybridized carbons (Fsp3) is 0.462. The van der Waals surface area contributed by atoms with Gasteiger partial charge < -0.3 is 0 Å². The molecule has 0 atom stereocenters. The second-order valence-electron chi connectivity index (χ2n) is 4.91. The lowest BCUT2D eigenvalue weighted by Gasteiger charge is -2.20. The Labute approximate surface area is 127 Å². The minimum Gasteiger partial charge on any atom is -0.224 e. The molecule has 108 valence electrons. The molecule has 0 unspecified atom stereocenters. The monoisotopic (exact) mass is 328 g/mol. The third-order valence-electron chi connectivity index (χ3n) is 3.38. The minimum absolute atomic E-state index is 0.155. The van der Waals surface area contributed by atoms with Crippen LogP contribution < -0.4 is 4.13 Å². The molecule has 0 aliphatic heterocycles. The highest BCUT2D eigenvalue weighted by atomic mass is 32.3. The van der Waals surface area contributed by atoms with E-state index in [1.54, 1.807) is 0 Å². The summed E-state index contributed by atoms with van der Waals surface area (Å²) in [5.74, 6) is 0. The van der Waals surface area contributed by atoms with Gasteiger partial charge in [-0.15, -0.1) is 11.3 Å². The summed E-state index contributed by atoms with van der Waals surface area (Å²) >= 11 is 2.55. The predicted molar refractivity (Wildman–Crippen MR) is 84.4 cm³/mol. The fourth-order valence-corrected chi connectivity index (χ4v) is 6.15. The van der Waals surface area contributed by atoms with Crippen LogP contribution in [0.2, 0.25) is 0 Å². The SMILES string of the molecule is O=S(=O)(NSC1CCCCC1)c1nc2ccccc2s1. The van der Waals surface area contributed by atoms with E-state index in [4.69, 9.17) is 0 Å². The molecule has 0 amide bonds. The Hall–Kier alpha value is -0.630. The molecule has 1 fully saturated rings. The first kappa shape index (κ1) is 14.3. The molecule has 1 N–H and O–H groups in total. The molecule has 1 aromatic carbocycles. The highest BCUT2D eigenvalue weighted by molar-refractivity contribution is 8.10. The van der Waals surface area contributed by atoms with E-state index in [1.165, 1.54) is 42.5 Å². The van der Waals surface area contributed by atoms with Crippen molar-refractivity contribution in [1.29, 1.82) is 0 Å². The van der Waals surface area contributed by atoms with Gasteiger partial charge in [0.05, 0.1) is 10.2 Å². The molecular formula is C13H16N2O2S3. The summed E-state index contributed by atoms with van der Waals surface area (Å²) in [5.41, 5.74) is 0.737. The van der Waals surface area contributed by atoms with Crippen LogP contribution >= 0.6 is 23.3 Å². The maximum absolute atomic E-state index is 12.3. The second-order valence-corrected chi connectivity index (χ2v) is 9.16. The third-order valence-corrected chi connectivity index (χ3v) is 7.74. The van der Waals surface area contributed by atoms with E-state index in [-0.39, 0.29) is 4.34 Å². The van der Waals surface area contributed by atoms with Crippen molar-refractivity contribution in [2.75, 3.05) is 0 Å². The zero-order valence-electron chi connectivity index (χ0n) is 10.9. The molecule has 0 saturated heterocycles. The molecule has 2 aromatic rings. The van der Waals surface area contributed by atoms with E-state index in [2.05, 4.69) is 9.11 Å². The molecule has 20 heavy (non-hydrogen) atoms. The zero-order chi connectivity index (χ0) is 14.0. The van der Waals surface area contributed by atoms with Crippen LogP contribution in [0, 0.1) is 0 Å². The molecule has 0 bridgehead atoms. The lowest BCUT2D eigenvalue weighted by molar-refractivity contribution is 0.515. The number of benzene rings is 1. The Morgan fingerprint density at radius 2 is 1.95 bits per heavy atom. The fourth-order valence-electron chi connectivity index (χ4n) is 2.32. The highest BCUT2D eigenvalue weighted by Gasteiger charge is 2.22. The summed E-state index contributed by atoms with van der Waals surface area (Å²) in [6.07, 6.45) is 5.84. The van der Waals surface area contributed by atoms with Gasteiger partial charge in [-0.1, -0.05) is 43.3 Å². The number of fused-ring (bicyclic) bond motifs is 1. The zero-order valence-corrected chi connectivity index (χ0v) is 13.4. The van der Waals surface area contributed by atoms with Crippen molar-refractivity contribution in [1.82, 2.24) is 9.11 Å². The Morgan fingerprint density at radius 1 is 1.20 bits per heavy atom. The first-order valence-corrected chi connectivity index (χ1v) is 9.86. The third kappa shape index (κ3) is 3.16. The van der Waals surface area contributed by atoms with Gasteiger partial charge in [-0.3, -0.25) is 0 Å². The molecule has 0 spiro atoms. The van der Waals surface area contributed by atoms with Crippen LogP contribution in [0.4, 0.5) is 0 Å². The lowest BCUT2D eigenvalue weighted by Crippen LogP contribution is -2.21. The number of nitrogens with zero attached hydrogens (tertiary/aromatic N) is 1. The maximum Gasteiger partial charge on any atom is 0.277 e. The van der Waals surface area contributed by atoms with Crippen molar-refractivity contribution >= 4 is 43.5 Å². The van der Waals surface area contributed by atoms with Gasteiger partial charge in [-0.25, -0.2) is 13.4 Å². The number of para-hydroxylation sites is 1. The Bertz CT molecular complexity index is 657. The van der Waals surface area contributed by atoms with Gasteiger partial charge in [0.15, 0.2) is 0 Å². The normalized spacial score (nSPS) is 17.6. The largest absolute Gasteiger partial charge is 0.277 e. The predicted octanol–water partition coefficient (Wildman–Crippen LogP) is 3.56. The molecular weight excluding hydrogens is 312 g/mol. The summed E-state index contributed by atoms with van der Waals surface area (Å²) in [6.45, 7) is 0. The van der Waals surface area contributed by atoms with Crippen molar-refractivity contribution in [3.8, 4) is 0 Å². The van der Waals surface area contributed by atoms with Crippen LogP contribution in [-0.2, 0) is 10.0 Å². The van der Waals surface area contributed by atoms with Crippen molar-refractivity contribution in [2.45, 2.75) is 41.7 Å². The molecule has 1 aliphatic rings. The smallest absolute Gasteiger partial charge is 0.224 e. The minimum atomic E-state index is -3.50. The standard InChI is InChI=1S/C13H16N2O2S3/c16-20(17,15-19-10-6-2-1-3-7-10)13-14-11-8-4-5-9-12(11)18-13/h4-5,8-10,15H,1-3,6-7H2. The number of hydrogen-bond donors (Lipinski definition) is 1. The van der Waals surface area contributed by atoms with Gasteiger partial charge in [-0.2, -0.15) is 4.13 Å². The summed E-state index contributed by atoms with van der Waals surface area (Å²) in [5, 5.41) is 0.396. The molecule has 1 saturated carbocycles. The molecule has 1 heterocycles. The maximum atomic E-state index is 12.3. The Morgan fingerprint density at radius 3 is 2.70 bits per heavy atom. The Kier molecular flexibility index (Phi) is 4.30. The average molecular weight is 328 g/mol. The van der Waals surface area contributed by atoms with Crippen molar-refractivity contribution < 1.29 is 8.42 Å². The van der Waals surface area contributed by atoms with Gasteiger partial charge in [0.1, 0.15) is 0 Å². The van der Waals surface area contributed by atoms with Crippen molar-refractivity contribution in [3.05, 3.63) is 24.3 Å². The molecule has 3 rings (SSSR count). The topological polar surface area (TPSA) is 59.1 Å². The van der Waals surface area contributed by atoms with Gasteiger partial charge in [0.25, 0.3) is 10.0 Å². The Balaban J connectivity index is 1.73. The van der Waals surface area contributed by atoms with Gasteiger partial charge in [0, 0.05) is 5.25 Å². The van der Waals surface area contributed by atoms with E-state index < -0.39 is 10.0 Å². The highest BCUT2D eigenvalue weighted by Crippen LogP contribution is 2.29. The first-order valence-electron chi connectivity index (χ1n) is 6.68. The molecule has 1 aromatic heterocycles. The van der Waals surface area contributed by atoms with Crippen LogP contribution in [-0.4, -0.2) is 18.7 Å². The number of rotatable bonds is 4. The molecule has 4 nitrogen and oxygen atoms in total. The lowest BCUT2D eigenvalue weighted by atomic mass is 10.0. The van der Waals surface area contributed by atoms with Crippen LogP contribution in [0.1, 0.15) is 32.1 Å².